The van der Waals surface area contributed by atoms with E-state index in [1.54, 1.807) is 26.2 Å². The number of aryl methyl sites for hydroxylation is 2. The molecule has 1 aromatic heterocycles. The Morgan fingerprint density at radius 3 is 2.70 bits per heavy atom. The number of methoxy groups -OCH3 is 1. The molecule has 27 heavy (non-hydrogen) atoms. The van der Waals surface area contributed by atoms with Crippen molar-refractivity contribution in [2.75, 3.05) is 20.3 Å². The van der Waals surface area contributed by atoms with Crippen LogP contribution in [0, 0.1) is 19.7 Å². The molecule has 1 N–H and O–H groups in total. The fourth-order valence-electron chi connectivity index (χ4n) is 2.79. The molecule has 0 atom stereocenters. The second kappa shape index (κ2) is 8.03. The fourth-order valence-corrected chi connectivity index (χ4v) is 2.79. The van der Waals surface area contributed by atoms with Gasteiger partial charge in [0.15, 0.2) is 11.5 Å². The molecule has 0 saturated heterocycles. The van der Waals surface area contributed by atoms with Crippen molar-refractivity contribution < 1.29 is 18.7 Å². The first-order valence-electron chi connectivity index (χ1n) is 8.60. The quantitative estimate of drug-likeness (QED) is 0.672. The molecular weight excluding hydrogens is 347 g/mol. The molecule has 2 aromatic carbocycles. The third-order valence-electron chi connectivity index (χ3n) is 4.18. The van der Waals surface area contributed by atoms with E-state index in [1.165, 1.54) is 12.1 Å². The van der Waals surface area contributed by atoms with E-state index in [0.717, 1.165) is 5.56 Å². The molecular formula is C21H21FN2O3. The van der Waals surface area contributed by atoms with Crippen molar-refractivity contribution in [1.29, 1.82) is 0 Å². The van der Waals surface area contributed by atoms with Crippen LogP contribution in [-0.4, -0.2) is 31.2 Å². The monoisotopic (exact) mass is 368 g/mol. The van der Waals surface area contributed by atoms with Crippen molar-refractivity contribution in [2.24, 2.45) is 0 Å². The predicted octanol–water partition coefficient (Wildman–Crippen LogP) is 3.81. The third-order valence-corrected chi connectivity index (χ3v) is 4.18. The molecule has 1 heterocycles. The summed E-state index contributed by atoms with van der Waals surface area (Å²) in [5.41, 5.74) is 2.73. The molecule has 0 aliphatic rings. The number of hydrogen-bond acceptors (Lipinski definition) is 4. The standard InChI is InChI=1S/C21H21FN2O3/c1-13-4-7-19(20(10-13)26-3)27-9-8-23-21(25)17-12-15-11-16(22)5-6-18(15)24-14(17)2/h4-7,10-12H,8-9H2,1-3H3,(H,23,25). The molecule has 6 heteroatoms. The first-order chi connectivity index (χ1) is 13.0. The number of amides is 1. The summed E-state index contributed by atoms with van der Waals surface area (Å²) in [6.07, 6.45) is 0. The van der Waals surface area contributed by atoms with Crippen LogP contribution >= 0.6 is 0 Å². The van der Waals surface area contributed by atoms with Crippen LogP contribution in [0.25, 0.3) is 10.9 Å². The van der Waals surface area contributed by atoms with E-state index in [-0.39, 0.29) is 11.7 Å². The van der Waals surface area contributed by atoms with E-state index in [9.17, 15) is 9.18 Å². The lowest BCUT2D eigenvalue weighted by atomic mass is 10.1. The van der Waals surface area contributed by atoms with Crippen LogP contribution in [0.3, 0.4) is 0 Å². The zero-order valence-corrected chi connectivity index (χ0v) is 15.5. The molecule has 0 saturated carbocycles. The van der Waals surface area contributed by atoms with E-state index >= 15 is 0 Å². The van der Waals surface area contributed by atoms with Gasteiger partial charge >= 0.3 is 0 Å². The number of hydrogen-bond donors (Lipinski definition) is 1. The SMILES string of the molecule is COc1cc(C)ccc1OCCNC(=O)c1cc2cc(F)ccc2nc1C. The maximum atomic E-state index is 13.4. The zero-order valence-electron chi connectivity index (χ0n) is 15.5. The average molecular weight is 368 g/mol. The Labute approximate surface area is 157 Å². The normalized spacial score (nSPS) is 10.7. The number of ether oxygens (including phenoxy) is 2. The minimum absolute atomic E-state index is 0.273. The number of carbonyl (C=O) groups excluding carboxylic acids is 1. The van der Waals surface area contributed by atoms with Gasteiger partial charge in [0.05, 0.1) is 30.4 Å². The first kappa shape index (κ1) is 18.6. The van der Waals surface area contributed by atoms with Gasteiger partial charge in [0.25, 0.3) is 5.91 Å². The molecule has 0 radical (unpaired) electrons. The molecule has 3 rings (SSSR count). The van der Waals surface area contributed by atoms with Gasteiger partial charge in [0.1, 0.15) is 12.4 Å². The summed E-state index contributed by atoms with van der Waals surface area (Å²) in [7, 11) is 1.59. The Kier molecular flexibility index (Phi) is 5.54. The van der Waals surface area contributed by atoms with Gasteiger partial charge in [-0.2, -0.15) is 0 Å². The number of halogens is 1. The first-order valence-corrected chi connectivity index (χ1v) is 8.60. The maximum Gasteiger partial charge on any atom is 0.253 e. The highest BCUT2D eigenvalue weighted by molar-refractivity contribution is 5.98. The topological polar surface area (TPSA) is 60.5 Å². The van der Waals surface area contributed by atoms with Crippen LogP contribution < -0.4 is 14.8 Å². The number of nitrogens with one attached hydrogen (secondary N) is 1. The fraction of sp³-hybridized carbons (Fsp3) is 0.238. The van der Waals surface area contributed by atoms with Gasteiger partial charge in [-0.1, -0.05) is 6.07 Å². The lowest BCUT2D eigenvalue weighted by molar-refractivity contribution is 0.0946. The van der Waals surface area contributed by atoms with E-state index in [4.69, 9.17) is 9.47 Å². The molecule has 1 amide bonds. The summed E-state index contributed by atoms with van der Waals surface area (Å²) in [4.78, 5) is 16.8. The van der Waals surface area contributed by atoms with Gasteiger partial charge in [-0.05, 0) is 55.8 Å². The molecule has 0 aliphatic heterocycles. The van der Waals surface area contributed by atoms with E-state index < -0.39 is 0 Å². The highest BCUT2D eigenvalue weighted by Gasteiger charge is 2.12. The van der Waals surface area contributed by atoms with Crippen molar-refractivity contribution in [2.45, 2.75) is 13.8 Å². The molecule has 0 spiro atoms. The van der Waals surface area contributed by atoms with Crippen LogP contribution in [0.4, 0.5) is 4.39 Å². The Morgan fingerprint density at radius 1 is 1.11 bits per heavy atom. The van der Waals surface area contributed by atoms with Crippen LogP contribution in [0.15, 0.2) is 42.5 Å². The largest absolute Gasteiger partial charge is 0.493 e. The second-order valence-corrected chi connectivity index (χ2v) is 6.22. The van der Waals surface area contributed by atoms with Crippen molar-refractivity contribution in [3.05, 3.63) is 65.1 Å². The highest BCUT2D eigenvalue weighted by Crippen LogP contribution is 2.27. The minimum Gasteiger partial charge on any atom is -0.493 e. The number of aromatic nitrogens is 1. The van der Waals surface area contributed by atoms with Gasteiger partial charge in [0, 0.05) is 5.39 Å². The molecule has 3 aromatic rings. The molecule has 0 bridgehead atoms. The predicted molar refractivity (Wildman–Crippen MR) is 102 cm³/mol. The van der Waals surface area contributed by atoms with Crippen molar-refractivity contribution in [3.63, 3.8) is 0 Å². The summed E-state index contributed by atoms with van der Waals surface area (Å²) < 4.78 is 24.4. The summed E-state index contributed by atoms with van der Waals surface area (Å²) in [5.74, 6) is 0.639. The van der Waals surface area contributed by atoms with E-state index in [0.29, 0.717) is 46.8 Å². The molecule has 0 unspecified atom stereocenters. The Bertz CT molecular complexity index is 989. The number of rotatable bonds is 6. The van der Waals surface area contributed by atoms with Gasteiger partial charge in [-0.3, -0.25) is 9.78 Å². The summed E-state index contributed by atoms with van der Waals surface area (Å²) in [5, 5.41) is 3.39. The zero-order chi connectivity index (χ0) is 19.4. The summed E-state index contributed by atoms with van der Waals surface area (Å²) in [6, 6.07) is 11.6. The smallest absolute Gasteiger partial charge is 0.253 e. The van der Waals surface area contributed by atoms with Crippen LogP contribution in [-0.2, 0) is 0 Å². The van der Waals surface area contributed by atoms with Gasteiger partial charge < -0.3 is 14.8 Å². The lowest BCUT2D eigenvalue weighted by Crippen LogP contribution is -2.29. The van der Waals surface area contributed by atoms with Gasteiger partial charge in [-0.15, -0.1) is 0 Å². The van der Waals surface area contributed by atoms with Crippen LogP contribution in [0.2, 0.25) is 0 Å². The Hall–Kier alpha value is -3.15. The molecule has 0 aliphatic carbocycles. The Balaban J connectivity index is 1.63. The third kappa shape index (κ3) is 4.34. The highest BCUT2D eigenvalue weighted by atomic mass is 19.1. The number of carbonyl (C=O) groups is 1. The number of pyridine rings is 1. The van der Waals surface area contributed by atoms with Crippen molar-refractivity contribution in [1.82, 2.24) is 10.3 Å². The van der Waals surface area contributed by atoms with E-state index in [1.807, 2.05) is 25.1 Å². The van der Waals surface area contributed by atoms with Crippen molar-refractivity contribution in [3.8, 4) is 11.5 Å². The number of nitrogens with zero attached hydrogens (tertiary/aromatic N) is 1. The van der Waals surface area contributed by atoms with Crippen LogP contribution in [0.1, 0.15) is 21.6 Å². The number of benzene rings is 2. The maximum absolute atomic E-state index is 13.4. The van der Waals surface area contributed by atoms with Gasteiger partial charge in [0.2, 0.25) is 0 Å². The Morgan fingerprint density at radius 2 is 1.93 bits per heavy atom. The van der Waals surface area contributed by atoms with E-state index in [2.05, 4.69) is 10.3 Å². The molecule has 5 nitrogen and oxygen atoms in total. The average Bonchev–Trinajstić information content (AvgIpc) is 2.65. The van der Waals surface area contributed by atoms with Gasteiger partial charge in [-0.25, -0.2) is 4.39 Å². The summed E-state index contributed by atoms with van der Waals surface area (Å²) in [6.45, 7) is 4.33. The second-order valence-electron chi connectivity index (χ2n) is 6.22. The lowest BCUT2D eigenvalue weighted by Gasteiger charge is -2.12. The minimum atomic E-state index is -0.361. The van der Waals surface area contributed by atoms with Crippen molar-refractivity contribution >= 4 is 16.8 Å². The molecule has 140 valence electrons. The van der Waals surface area contributed by atoms with Crippen LogP contribution in [0.5, 0.6) is 11.5 Å². The summed E-state index contributed by atoms with van der Waals surface area (Å²) >= 11 is 0. The molecule has 0 fully saturated rings. The number of fused-ring (bicyclic) bond motifs is 1.